The molecule has 0 radical (unpaired) electrons. The number of rotatable bonds is 5. The molecule has 1 saturated carbocycles. The summed E-state index contributed by atoms with van der Waals surface area (Å²) in [6.45, 7) is 1.83. The molecule has 1 fully saturated rings. The van der Waals surface area contributed by atoms with Crippen LogP contribution in [0.1, 0.15) is 39.0 Å². The average molecular weight is 214 g/mol. The second-order valence-corrected chi connectivity index (χ2v) is 4.21. The molecule has 4 N–H and O–H groups in total. The third-order valence-electron chi connectivity index (χ3n) is 2.97. The molecule has 0 aromatic rings. The first-order valence-corrected chi connectivity index (χ1v) is 5.28. The monoisotopic (exact) mass is 214 g/mol. The molecule has 0 unspecified atom stereocenters. The molecule has 0 aromatic carbocycles. The molecule has 1 amide bonds. The molecule has 5 nitrogen and oxygen atoms in total. The molecular formula is C10H18N2O3. The van der Waals surface area contributed by atoms with Crippen LogP contribution >= 0.6 is 0 Å². The molecule has 0 aliphatic heterocycles. The summed E-state index contributed by atoms with van der Waals surface area (Å²) in [5.41, 5.74) is 5.04. The van der Waals surface area contributed by atoms with Crippen molar-refractivity contribution in [2.45, 2.75) is 50.6 Å². The Morgan fingerprint density at radius 1 is 1.53 bits per heavy atom. The summed E-state index contributed by atoms with van der Waals surface area (Å²) in [4.78, 5) is 22.2. The lowest BCUT2D eigenvalue weighted by atomic mass is 9.74. The highest BCUT2D eigenvalue weighted by molar-refractivity contribution is 5.83. The molecule has 0 saturated heterocycles. The van der Waals surface area contributed by atoms with E-state index in [9.17, 15) is 9.59 Å². The number of carbonyl (C=O) groups excluding carboxylic acids is 1. The molecule has 5 heteroatoms. The largest absolute Gasteiger partial charge is 0.481 e. The molecule has 0 aromatic heterocycles. The van der Waals surface area contributed by atoms with Crippen molar-refractivity contribution in [3.63, 3.8) is 0 Å². The van der Waals surface area contributed by atoms with Crippen molar-refractivity contribution >= 4 is 11.9 Å². The van der Waals surface area contributed by atoms with Crippen LogP contribution in [0.4, 0.5) is 0 Å². The van der Waals surface area contributed by atoms with Crippen LogP contribution in [-0.2, 0) is 9.59 Å². The van der Waals surface area contributed by atoms with E-state index < -0.39 is 17.6 Å². The van der Waals surface area contributed by atoms with Crippen LogP contribution in [0.5, 0.6) is 0 Å². The van der Waals surface area contributed by atoms with Gasteiger partial charge in [0.25, 0.3) is 0 Å². The summed E-state index contributed by atoms with van der Waals surface area (Å²) in [5, 5.41) is 11.5. The fourth-order valence-corrected chi connectivity index (χ4v) is 1.78. The first kappa shape index (κ1) is 12.0. The average Bonchev–Trinajstić information content (AvgIpc) is 2.12. The lowest BCUT2D eigenvalue weighted by molar-refractivity contribution is -0.140. The van der Waals surface area contributed by atoms with Crippen molar-refractivity contribution in [2.24, 2.45) is 5.73 Å². The van der Waals surface area contributed by atoms with Crippen molar-refractivity contribution in [3.05, 3.63) is 0 Å². The van der Waals surface area contributed by atoms with E-state index in [1.807, 2.05) is 6.92 Å². The normalized spacial score (nSPS) is 20.1. The van der Waals surface area contributed by atoms with Crippen molar-refractivity contribution in [1.82, 2.24) is 5.32 Å². The second kappa shape index (κ2) is 4.61. The third kappa shape index (κ3) is 2.92. The van der Waals surface area contributed by atoms with Crippen LogP contribution in [0.25, 0.3) is 0 Å². The number of carboxylic acid groups (broad SMARTS) is 1. The number of aliphatic carboxylic acids is 1. The highest BCUT2D eigenvalue weighted by Gasteiger charge is 2.40. The fraction of sp³-hybridized carbons (Fsp3) is 0.800. The SMILES string of the molecule is CC[C@@H](N)C(=O)NC1(CC(=O)O)CCC1. The van der Waals surface area contributed by atoms with Gasteiger partial charge in [0.15, 0.2) is 0 Å². The van der Waals surface area contributed by atoms with Gasteiger partial charge in [-0.1, -0.05) is 6.92 Å². The molecule has 1 aliphatic rings. The van der Waals surface area contributed by atoms with E-state index in [1.54, 1.807) is 0 Å². The van der Waals surface area contributed by atoms with E-state index in [4.69, 9.17) is 10.8 Å². The topological polar surface area (TPSA) is 92.4 Å². The molecule has 86 valence electrons. The Hall–Kier alpha value is -1.10. The standard InChI is InChI=1S/C10H18N2O3/c1-2-7(11)9(15)12-10(4-3-5-10)6-8(13)14/h7H,2-6,11H2,1H3,(H,12,15)(H,13,14)/t7-/m1/s1. The van der Waals surface area contributed by atoms with Gasteiger partial charge in [-0.05, 0) is 25.7 Å². The Morgan fingerprint density at radius 2 is 2.13 bits per heavy atom. The van der Waals surface area contributed by atoms with Crippen molar-refractivity contribution in [3.8, 4) is 0 Å². The number of nitrogens with two attached hydrogens (primary N) is 1. The van der Waals surface area contributed by atoms with Gasteiger partial charge in [-0.2, -0.15) is 0 Å². The van der Waals surface area contributed by atoms with Crippen LogP contribution in [0.2, 0.25) is 0 Å². The lowest BCUT2D eigenvalue weighted by Gasteiger charge is -2.42. The summed E-state index contributed by atoms with van der Waals surface area (Å²) in [7, 11) is 0. The van der Waals surface area contributed by atoms with E-state index in [0.717, 1.165) is 19.3 Å². The van der Waals surface area contributed by atoms with Gasteiger partial charge in [0, 0.05) is 0 Å². The van der Waals surface area contributed by atoms with Gasteiger partial charge in [0.2, 0.25) is 5.91 Å². The van der Waals surface area contributed by atoms with Crippen LogP contribution in [0.15, 0.2) is 0 Å². The number of hydrogen-bond acceptors (Lipinski definition) is 3. The molecule has 0 spiro atoms. The molecule has 0 bridgehead atoms. The molecule has 1 rings (SSSR count). The molecule has 0 heterocycles. The van der Waals surface area contributed by atoms with Crippen LogP contribution in [0, 0.1) is 0 Å². The Balaban J connectivity index is 2.53. The van der Waals surface area contributed by atoms with E-state index >= 15 is 0 Å². The highest BCUT2D eigenvalue weighted by Crippen LogP contribution is 2.34. The Morgan fingerprint density at radius 3 is 2.47 bits per heavy atom. The van der Waals surface area contributed by atoms with Gasteiger partial charge >= 0.3 is 5.97 Å². The number of nitrogens with one attached hydrogen (secondary N) is 1. The van der Waals surface area contributed by atoms with Crippen LogP contribution in [-0.4, -0.2) is 28.6 Å². The van der Waals surface area contributed by atoms with Gasteiger partial charge in [0.1, 0.15) is 0 Å². The van der Waals surface area contributed by atoms with Crippen LogP contribution < -0.4 is 11.1 Å². The zero-order valence-electron chi connectivity index (χ0n) is 8.95. The first-order valence-electron chi connectivity index (χ1n) is 5.28. The predicted molar refractivity (Wildman–Crippen MR) is 55.2 cm³/mol. The van der Waals surface area contributed by atoms with E-state index in [1.165, 1.54) is 0 Å². The van der Waals surface area contributed by atoms with Crippen LogP contribution in [0.3, 0.4) is 0 Å². The number of hydrogen-bond donors (Lipinski definition) is 3. The number of amides is 1. The summed E-state index contributed by atoms with van der Waals surface area (Å²) in [6.07, 6.45) is 3.00. The number of carbonyl (C=O) groups is 2. The smallest absolute Gasteiger partial charge is 0.305 e. The summed E-state index contributed by atoms with van der Waals surface area (Å²) < 4.78 is 0. The van der Waals surface area contributed by atoms with Gasteiger partial charge in [-0.3, -0.25) is 9.59 Å². The third-order valence-corrected chi connectivity index (χ3v) is 2.97. The maximum atomic E-state index is 11.5. The van der Waals surface area contributed by atoms with Gasteiger partial charge in [-0.15, -0.1) is 0 Å². The summed E-state index contributed by atoms with van der Waals surface area (Å²) in [5.74, 6) is -1.11. The summed E-state index contributed by atoms with van der Waals surface area (Å²) in [6, 6.07) is -0.531. The summed E-state index contributed by atoms with van der Waals surface area (Å²) >= 11 is 0. The quantitative estimate of drug-likeness (QED) is 0.611. The highest BCUT2D eigenvalue weighted by atomic mass is 16.4. The molecular weight excluding hydrogens is 196 g/mol. The van der Waals surface area contributed by atoms with Gasteiger partial charge in [-0.25, -0.2) is 0 Å². The maximum Gasteiger partial charge on any atom is 0.305 e. The zero-order valence-corrected chi connectivity index (χ0v) is 8.95. The van der Waals surface area contributed by atoms with Crippen molar-refractivity contribution in [1.29, 1.82) is 0 Å². The molecule has 1 aliphatic carbocycles. The Kier molecular flexibility index (Phi) is 3.68. The van der Waals surface area contributed by atoms with Crippen molar-refractivity contribution < 1.29 is 14.7 Å². The Bertz CT molecular complexity index is 261. The maximum absolute atomic E-state index is 11.5. The minimum atomic E-state index is -0.875. The first-order chi connectivity index (χ1) is 6.99. The molecule has 1 atom stereocenters. The fourth-order valence-electron chi connectivity index (χ4n) is 1.78. The van der Waals surface area contributed by atoms with E-state index in [2.05, 4.69) is 5.32 Å². The minimum absolute atomic E-state index is 0.00479. The van der Waals surface area contributed by atoms with Crippen molar-refractivity contribution in [2.75, 3.05) is 0 Å². The van der Waals surface area contributed by atoms with Gasteiger partial charge in [0.05, 0.1) is 18.0 Å². The molecule has 15 heavy (non-hydrogen) atoms. The Labute approximate surface area is 89.0 Å². The zero-order chi connectivity index (χ0) is 11.5. The second-order valence-electron chi connectivity index (χ2n) is 4.21. The van der Waals surface area contributed by atoms with E-state index in [-0.39, 0.29) is 12.3 Å². The minimum Gasteiger partial charge on any atom is -0.481 e. The lowest BCUT2D eigenvalue weighted by Crippen LogP contribution is -2.58. The van der Waals surface area contributed by atoms with E-state index in [0.29, 0.717) is 6.42 Å². The predicted octanol–water partition coefficient (Wildman–Crippen LogP) is 0.237. The number of carboxylic acids is 1. The van der Waals surface area contributed by atoms with Gasteiger partial charge < -0.3 is 16.2 Å².